The van der Waals surface area contributed by atoms with Gasteiger partial charge in [-0.1, -0.05) is 115 Å². The van der Waals surface area contributed by atoms with Gasteiger partial charge in [0.15, 0.2) is 43.1 Å². The van der Waals surface area contributed by atoms with Gasteiger partial charge in [-0.05, 0) is 54.4 Å². The van der Waals surface area contributed by atoms with E-state index in [1.54, 1.807) is 91.9 Å². The molecule has 0 bridgehead atoms. The topological polar surface area (TPSA) is 213 Å². The highest BCUT2D eigenvalue weighted by molar-refractivity contribution is 5.91. The monoisotopic (exact) mass is 1000 g/mol. The van der Waals surface area contributed by atoms with Crippen molar-refractivity contribution in [3.05, 3.63) is 179 Å². The molecule has 0 radical (unpaired) electrons. The number of carbonyl (C=O) groups is 6. The molecule has 7 rings (SSSR count). The Labute approximate surface area is 421 Å². The standard InChI is InChI=1S/C55H56O18/c1-5-63-53(61)43(37-23-13-7-14-24-37)70-49-46(67-35(3)57)44(65-31-36-21-11-6-12-22-36)41(32-64-34(2)56)69-55(49)66-33-42-45(71-50(58)38-25-15-8-16-26-38)47(72-51(59)39-27-17-9-18-28-39)48(54(62-4)68-42)73-52(60)40-29-19-10-20-30-40/h6-30,41-49,54-55H,5,31-33H2,1-4H3/t41-,42-,43-,44+,45-,46+,47+,48-,49-,54+,55-/m1/s1. The van der Waals surface area contributed by atoms with Gasteiger partial charge in [0, 0.05) is 21.0 Å². The number of carbonyl (C=O) groups excluding carboxylic acids is 6. The van der Waals surface area contributed by atoms with Crippen molar-refractivity contribution in [1.82, 2.24) is 0 Å². The van der Waals surface area contributed by atoms with E-state index >= 15 is 0 Å². The average Bonchev–Trinajstić information content (AvgIpc) is 3.41. The van der Waals surface area contributed by atoms with Crippen LogP contribution in [-0.2, 0) is 77.8 Å². The molecule has 11 atom stereocenters. The molecule has 0 aromatic heterocycles. The molecule has 0 saturated carbocycles. The van der Waals surface area contributed by atoms with Gasteiger partial charge in [0.2, 0.25) is 0 Å². The summed E-state index contributed by atoms with van der Waals surface area (Å²) in [6.07, 6.45) is -16.4. The van der Waals surface area contributed by atoms with Gasteiger partial charge in [0.1, 0.15) is 31.0 Å². The fraction of sp³-hybridized carbons (Fsp3) is 0.345. The van der Waals surface area contributed by atoms with Gasteiger partial charge in [-0.3, -0.25) is 9.59 Å². The van der Waals surface area contributed by atoms with Crippen LogP contribution >= 0.6 is 0 Å². The third-order valence-corrected chi connectivity index (χ3v) is 11.5. The Bertz CT molecular complexity index is 2570. The summed E-state index contributed by atoms with van der Waals surface area (Å²) in [6.45, 7) is 2.88. The van der Waals surface area contributed by atoms with Crippen LogP contribution in [0.4, 0.5) is 0 Å². The maximum atomic E-state index is 14.1. The van der Waals surface area contributed by atoms with Crippen LogP contribution in [0.15, 0.2) is 152 Å². The molecular weight excluding hydrogens is 949 g/mol. The Morgan fingerprint density at radius 3 is 1.45 bits per heavy atom. The average molecular weight is 1010 g/mol. The van der Waals surface area contributed by atoms with E-state index in [2.05, 4.69) is 0 Å². The molecule has 2 fully saturated rings. The Balaban J connectivity index is 1.31. The van der Waals surface area contributed by atoms with Gasteiger partial charge in [-0.15, -0.1) is 0 Å². The molecule has 5 aromatic rings. The van der Waals surface area contributed by atoms with E-state index < -0.39 is 117 Å². The van der Waals surface area contributed by atoms with Crippen LogP contribution in [0.1, 0.15) is 69.1 Å². The summed E-state index contributed by atoms with van der Waals surface area (Å²) in [4.78, 5) is 81.3. The van der Waals surface area contributed by atoms with Crippen LogP contribution in [0.5, 0.6) is 0 Å². The summed E-state index contributed by atoms with van der Waals surface area (Å²) in [6, 6.07) is 41.4. The van der Waals surface area contributed by atoms with Gasteiger partial charge in [0.25, 0.3) is 0 Å². The van der Waals surface area contributed by atoms with Crippen molar-refractivity contribution in [1.29, 1.82) is 0 Å². The van der Waals surface area contributed by atoms with E-state index in [4.69, 9.17) is 56.8 Å². The quantitative estimate of drug-likeness (QED) is 0.0563. The van der Waals surface area contributed by atoms with Gasteiger partial charge < -0.3 is 56.8 Å². The fourth-order valence-corrected chi connectivity index (χ4v) is 8.15. The lowest BCUT2D eigenvalue weighted by molar-refractivity contribution is -0.340. The summed E-state index contributed by atoms with van der Waals surface area (Å²) >= 11 is 0. The van der Waals surface area contributed by atoms with Crippen molar-refractivity contribution in [2.75, 3.05) is 26.9 Å². The van der Waals surface area contributed by atoms with Crippen LogP contribution < -0.4 is 0 Å². The predicted octanol–water partition coefficient (Wildman–Crippen LogP) is 6.55. The molecule has 0 unspecified atom stereocenters. The predicted molar refractivity (Wildman–Crippen MR) is 255 cm³/mol. The molecule has 2 aliphatic heterocycles. The Morgan fingerprint density at radius 2 is 0.945 bits per heavy atom. The van der Waals surface area contributed by atoms with E-state index in [-0.39, 0.29) is 29.9 Å². The normalized spacial score (nSPS) is 23.9. The molecule has 0 spiro atoms. The maximum Gasteiger partial charge on any atom is 0.339 e. The second-order valence-corrected chi connectivity index (χ2v) is 16.6. The zero-order valence-corrected chi connectivity index (χ0v) is 40.5. The third-order valence-electron chi connectivity index (χ3n) is 11.5. The number of hydrogen-bond acceptors (Lipinski definition) is 18. The first-order valence-corrected chi connectivity index (χ1v) is 23.5. The summed E-state index contributed by atoms with van der Waals surface area (Å²) in [5.41, 5.74) is 1.45. The highest BCUT2D eigenvalue weighted by Crippen LogP contribution is 2.36. The van der Waals surface area contributed by atoms with E-state index in [9.17, 15) is 28.8 Å². The first-order chi connectivity index (χ1) is 35.4. The molecule has 0 aliphatic carbocycles. The molecule has 18 nitrogen and oxygen atoms in total. The lowest BCUT2D eigenvalue weighted by Gasteiger charge is -2.47. The van der Waals surface area contributed by atoms with Crippen molar-refractivity contribution in [3.8, 4) is 0 Å². The lowest BCUT2D eigenvalue weighted by Crippen LogP contribution is -2.65. The van der Waals surface area contributed by atoms with Gasteiger partial charge in [-0.2, -0.15) is 0 Å². The largest absolute Gasteiger partial charge is 0.464 e. The van der Waals surface area contributed by atoms with Crippen molar-refractivity contribution in [3.63, 3.8) is 0 Å². The van der Waals surface area contributed by atoms with Crippen LogP contribution in [0.2, 0.25) is 0 Å². The Kier molecular flexibility index (Phi) is 19.3. The summed E-state index contributed by atoms with van der Waals surface area (Å²) in [7, 11) is 1.27. The molecule has 2 heterocycles. The van der Waals surface area contributed by atoms with Crippen molar-refractivity contribution in [2.24, 2.45) is 0 Å². The number of rotatable bonds is 21. The van der Waals surface area contributed by atoms with Gasteiger partial charge in [-0.25, -0.2) is 19.2 Å². The zero-order chi connectivity index (χ0) is 51.7. The Morgan fingerprint density at radius 1 is 0.479 bits per heavy atom. The van der Waals surface area contributed by atoms with E-state index in [0.29, 0.717) is 5.56 Å². The summed E-state index contributed by atoms with van der Waals surface area (Å²) in [5.74, 6) is -4.85. The fourth-order valence-electron chi connectivity index (χ4n) is 8.15. The number of benzene rings is 5. The third kappa shape index (κ3) is 14.4. The number of esters is 6. The second kappa shape index (κ2) is 26.4. The highest BCUT2D eigenvalue weighted by atomic mass is 16.8. The van der Waals surface area contributed by atoms with Crippen molar-refractivity contribution in [2.45, 2.75) is 94.9 Å². The number of methoxy groups -OCH3 is 1. The van der Waals surface area contributed by atoms with E-state index in [0.717, 1.165) is 5.56 Å². The first-order valence-electron chi connectivity index (χ1n) is 23.5. The maximum absolute atomic E-state index is 14.1. The minimum Gasteiger partial charge on any atom is -0.464 e. The minimum atomic E-state index is -1.66. The number of ether oxygens (including phenoxy) is 12. The number of hydrogen-bond donors (Lipinski definition) is 0. The van der Waals surface area contributed by atoms with Crippen molar-refractivity contribution >= 4 is 35.8 Å². The molecular formula is C55H56O18. The van der Waals surface area contributed by atoms with Crippen molar-refractivity contribution < 1.29 is 85.6 Å². The molecule has 384 valence electrons. The summed E-state index contributed by atoms with van der Waals surface area (Å²) in [5, 5.41) is 0. The minimum absolute atomic E-state index is 0.0201. The molecule has 73 heavy (non-hydrogen) atoms. The molecule has 5 aromatic carbocycles. The van der Waals surface area contributed by atoms with Crippen LogP contribution in [0, 0.1) is 0 Å². The van der Waals surface area contributed by atoms with E-state index in [1.165, 1.54) is 57.4 Å². The molecule has 18 heteroatoms. The van der Waals surface area contributed by atoms with Gasteiger partial charge >= 0.3 is 35.8 Å². The highest BCUT2D eigenvalue weighted by Gasteiger charge is 2.56. The summed E-state index contributed by atoms with van der Waals surface area (Å²) < 4.78 is 73.9. The van der Waals surface area contributed by atoms with Crippen LogP contribution in [0.25, 0.3) is 0 Å². The first kappa shape index (κ1) is 53.5. The SMILES string of the molecule is CCOC(=O)[C@H](O[C@H]1[C@H](OC[C@H]2O[C@H](OC)[C@H](OC(=O)c3ccccc3)[C@@H](OC(=O)c3ccccc3)[C@@H]2OC(=O)c2ccccc2)O[C@H](COC(C)=O)[C@H](OCc2ccccc2)[C@@H]1OC(C)=O)c1ccccc1. The lowest BCUT2D eigenvalue weighted by atomic mass is 9.96. The van der Waals surface area contributed by atoms with Crippen LogP contribution in [-0.4, -0.2) is 124 Å². The smallest absolute Gasteiger partial charge is 0.339 e. The van der Waals surface area contributed by atoms with Gasteiger partial charge in [0.05, 0.1) is 36.5 Å². The molecule has 0 N–H and O–H groups in total. The molecule has 2 saturated heterocycles. The van der Waals surface area contributed by atoms with Crippen LogP contribution in [0.3, 0.4) is 0 Å². The zero-order valence-electron chi connectivity index (χ0n) is 40.5. The Hall–Kier alpha value is -7.32. The second-order valence-electron chi connectivity index (χ2n) is 16.6. The molecule has 0 amide bonds. The molecule has 2 aliphatic rings. The van der Waals surface area contributed by atoms with E-state index in [1.807, 2.05) is 30.3 Å².